The first kappa shape index (κ1) is 10.7. The average molecular weight is 240 g/mol. The molecule has 5 heteroatoms. The van der Waals surface area contributed by atoms with E-state index in [2.05, 4.69) is 10.3 Å². The standard InChI is InChI=1S/C11H16N2O2S/c1-5-14-6-2-11(1)9(12-3-7-15-11)10-13-4-8-16-10/h4,8-9,12H,1-3,5-7H2. The number of rotatable bonds is 1. The number of nitrogens with one attached hydrogen (secondary N) is 1. The van der Waals surface area contributed by atoms with E-state index in [1.165, 1.54) is 0 Å². The van der Waals surface area contributed by atoms with E-state index in [-0.39, 0.29) is 11.6 Å². The van der Waals surface area contributed by atoms with Crippen molar-refractivity contribution >= 4 is 11.3 Å². The van der Waals surface area contributed by atoms with Crippen molar-refractivity contribution in [3.05, 3.63) is 16.6 Å². The maximum Gasteiger partial charge on any atom is 0.112 e. The molecule has 0 radical (unpaired) electrons. The van der Waals surface area contributed by atoms with Crippen LogP contribution in [0.3, 0.4) is 0 Å². The molecule has 3 heterocycles. The summed E-state index contributed by atoms with van der Waals surface area (Å²) in [5.74, 6) is 0. The quantitative estimate of drug-likeness (QED) is 0.805. The number of aromatic nitrogens is 1. The van der Waals surface area contributed by atoms with E-state index < -0.39 is 0 Å². The molecule has 16 heavy (non-hydrogen) atoms. The monoisotopic (exact) mass is 240 g/mol. The molecule has 2 fully saturated rings. The Morgan fingerprint density at radius 3 is 3.00 bits per heavy atom. The minimum atomic E-state index is -0.0889. The van der Waals surface area contributed by atoms with Crippen LogP contribution in [0.4, 0.5) is 0 Å². The van der Waals surface area contributed by atoms with Gasteiger partial charge in [0, 0.05) is 44.2 Å². The van der Waals surface area contributed by atoms with E-state index in [0.717, 1.165) is 44.2 Å². The van der Waals surface area contributed by atoms with Gasteiger partial charge in [-0.25, -0.2) is 4.98 Å². The van der Waals surface area contributed by atoms with Gasteiger partial charge in [-0.2, -0.15) is 0 Å². The zero-order valence-electron chi connectivity index (χ0n) is 9.15. The lowest BCUT2D eigenvalue weighted by Crippen LogP contribution is -2.54. The van der Waals surface area contributed by atoms with Crippen LogP contribution >= 0.6 is 11.3 Å². The van der Waals surface area contributed by atoms with Crippen molar-refractivity contribution in [1.29, 1.82) is 0 Å². The van der Waals surface area contributed by atoms with Gasteiger partial charge in [-0.1, -0.05) is 0 Å². The van der Waals surface area contributed by atoms with Crippen LogP contribution in [0.15, 0.2) is 11.6 Å². The molecule has 2 aliphatic rings. The summed E-state index contributed by atoms with van der Waals surface area (Å²) < 4.78 is 11.5. The SMILES string of the molecule is c1csc(C2NCCOC23CCOCC3)n1. The van der Waals surface area contributed by atoms with Crippen LogP contribution in [-0.2, 0) is 9.47 Å². The van der Waals surface area contributed by atoms with Crippen LogP contribution in [0.5, 0.6) is 0 Å². The highest BCUT2D eigenvalue weighted by molar-refractivity contribution is 7.09. The van der Waals surface area contributed by atoms with Crippen LogP contribution in [0.25, 0.3) is 0 Å². The van der Waals surface area contributed by atoms with Crippen LogP contribution < -0.4 is 5.32 Å². The van der Waals surface area contributed by atoms with Crippen molar-refractivity contribution in [2.75, 3.05) is 26.4 Å². The molecule has 2 aliphatic heterocycles. The second-order valence-electron chi connectivity index (χ2n) is 4.28. The number of hydrogen-bond acceptors (Lipinski definition) is 5. The van der Waals surface area contributed by atoms with Gasteiger partial charge in [-0.3, -0.25) is 0 Å². The Kier molecular flexibility index (Phi) is 2.93. The Bertz CT molecular complexity index is 327. The normalized spacial score (nSPS) is 29.4. The van der Waals surface area contributed by atoms with Crippen LogP contribution in [0, 0.1) is 0 Å². The molecule has 1 N–H and O–H groups in total. The molecule has 0 bridgehead atoms. The maximum absolute atomic E-state index is 6.07. The second kappa shape index (κ2) is 4.41. The summed E-state index contributed by atoms with van der Waals surface area (Å²) in [6.07, 6.45) is 3.79. The van der Waals surface area contributed by atoms with Gasteiger partial charge in [0.1, 0.15) is 5.01 Å². The first-order valence-corrected chi connectivity index (χ1v) is 6.63. The fraction of sp³-hybridized carbons (Fsp3) is 0.727. The molecule has 0 amide bonds. The number of thiazole rings is 1. The minimum Gasteiger partial charge on any atom is -0.381 e. The molecule has 88 valence electrons. The summed E-state index contributed by atoms with van der Waals surface area (Å²) in [6, 6.07) is 0.241. The Balaban J connectivity index is 1.88. The van der Waals surface area contributed by atoms with E-state index in [1.54, 1.807) is 11.3 Å². The van der Waals surface area contributed by atoms with Crippen molar-refractivity contribution in [1.82, 2.24) is 10.3 Å². The second-order valence-corrected chi connectivity index (χ2v) is 5.21. The highest BCUT2D eigenvalue weighted by Crippen LogP contribution is 2.39. The highest BCUT2D eigenvalue weighted by Gasteiger charge is 2.45. The Morgan fingerprint density at radius 2 is 2.25 bits per heavy atom. The van der Waals surface area contributed by atoms with Gasteiger partial charge in [0.05, 0.1) is 18.2 Å². The number of hydrogen-bond donors (Lipinski definition) is 1. The predicted molar refractivity (Wildman–Crippen MR) is 61.6 cm³/mol. The lowest BCUT2D eigenvalue weighted by atomic mass is 9.85. The average Bonchev–Trinajstić information content (AvgIpc) is 2.84. The molecule has 0 aromatic carbocycles. The number of nitrogens with zero attached hydrogens (tertiary/aromatic N) is 1. The molecular formula is C11H16N2O2S. The number of ether oxygens (including phenoxy) is 2. The maximum atomic E-state index is 6.07. The van der Waals surface area contributed by atoms with Crippen molar-refractivity contribution < 1.29 is 9.47 Å². The van der Waals surface area contributed by atoms with Gasteiger partial charge < -0.3 is 14.8 Å². The molecule has 1 spiro atoms. The van der Waals surface area contributed by atoms with Gasteiger partial charge in [-0.05, 0) is 0 Å². The summed E-state index contributed by atoms with van der Waals surface area (Å²) >= 11 is 1.70. The molecular weight excluding hydrogens is 224 g/mol. The molecule has 4 nitrogen and oxygen atoms in total. The Hall–Kier alpha value is -0.490. The third-order valence-corrected chi connectivity index (χ3v) is 4.24. The summed E-state index contributed by atoms with van der Waals surface area (Å²) in [4.78, 5) is 4.42. The summed E-state index contributed by atoms with van der Waals surface area (Å²) in [5, 5.41) is 6.72. The first-order chi connectivity index (χ1) is 7.91. The van der Waals surface area contributed by atoms with Crippen molar-refractivity contribution in [3.63, 3.8) is 0 Å². The van der Waals surface area contributed by atoms with E-state index >= 15 is 0 Å². The van der Waals surface area contributed by atoms with Gasteiger partial charge in [0.15, 0.2) is 0 Å². The Morgan fingerprint density at radius 1 is 1.38 bits per heavy atom. The number of morpholine rings is 1. The van der Waals surface area contributed by atoms with Crippen LogP contribution in [-0.4, -0.2) is 37.0 Å². The van der Waals surface area contributed by atoms with E-state index in [1.807, 2.05) is 11.6 Å². The summed E-state index contributed by atoms with van der Waals surface area (Å²) in [7, 11) is 0. The third kappa shape index (κ3) is 1.78. The molecule has 1 aromatic rings. The first-order valence-electron chi connectivity index (χ1n) is 5.75. The lowest BCUT2D eigenvalue weighted by Gasteiger charge is -2.45. The van der Waals surface area contributed by atoms with E-state index in [9.17, 15) is 0 Å². The molecule has 1 aromatic heterocycles. The fourth-order valence-corrected chi connectivity index (χ4v) is 3.38. The van der Waals surface area contributed by atoms with Crippen LogP contribution in [0.2, 0.25) is 0 Å². The lowest BCUT2D eigenvalue weighted by molar-refractivity contribution is -0.149. The fourth-order valence-electron chi connectivity index (χ4n) is 2.57. The van der Waals surface area contributed by atoms with E-state index in [4.69, 9.17) is 9.47 Å². The molecule has 0 aliphatic carbocycles. The van der Waals surface area contributed by atoms with Gasteiger partial charge in [0.25, 0.3) is 0 Å². The summed E-state index contributed by atoms with van der Waals surface area (Å²) in [5.41, 5.74) is -0.0889. The predicted octanol–water partition coefficient (Wildman–Crippen LogP) is 1.35. The molecule has 3 rings (SSSR count). The molecule has 0 saturated carbocycles. The van der Waals surface area contributed by atoms with Crippen molar-refractivity contribution in [3.8, 4) is 0 Å². The molecule has 2 saturated heterocycles. The largest absolute Gasteiger partial charge is 0.381 e. The summed E-state index contributed by atoms with van der Waals surface area (Å²) in [6.45, 7) is 3.29. The zero-order chi connectivity index (χ0) is 10.8. The minimum absolute atomic E-state index is 0.0889. The van der Waals surface area contributed by atoms with Crippen molar-refractivity contribution in [2.45, 2.75) is 24.5 Å². The molecule has 1 atom stereocenters. The topological polar surface area (TPSA) is 43.4 Å². The zero-order valence-corrected chi connectivity index (χ0v) is 9.96. The van der Waals surface area contributed by atoms with Gasteiger partial charge in [-0.15, -0.1) is 11.3 Å². The Labute approximate surface area is 99.0 Å². The van der Waals surface area contributed by atoms with Crippen molar-refractivity contribution in [2.24, 2.45) is 0 Å². The third-order valence-electron chi connectivity index (χ3n) is 3.40. The van der Waals surface area contributed by atoms with Gasteiger partial charge in [0.2, 0.25) is 0 Å². The highest BCUT2D eigenvalue weighted by atomic mass is 32.1. The molecule has 1 unspecified atom stereocenters. The smallest absolute Gasteiger partial charge is 0.112 e. The van der Waals surface area contributed by atoms with Gasteiger partial charge >= 0.3 is 0 Å². The van der Waals surface area contributed by atoms with Crippen LogP contribution in [0.1, 0.15) is 23.9 Å². The van der Waals surface area contributed by atoms with E-state index in [0.29, 0.717) is 0 Å².